The Labute approximate surface area is 158 Å². The van der Waals surface area contributed by atoms with E-state index in [1.165, 1.54) is 45.1 Å². The molecule has 26 heavy (non-hydrogen) atoms. The standard InChI is InChI=1S/C20H38N4O2/c1-17-9-5-6-15-24(17)16-8-14-21-19(25)12-7-13-22-20(26)23-18-10-3-2-4-11-18/h17-18H,2-16H2,1H3,(H,21,25)(H2,22,23,26). The molecule has 2 fully saturated rings. The molecule has 1 atom stereocenters. The van der Waals surface area contributed by atoms with Gasteiger partial charge in [0.05, 0.1) is 0 Å². The summed E-state index contributed by atoms with van der Waals surface area (Å²) >= 11 is 0. The van der Waals surface area contributed by atoms with Crippen molar-refractivity contribution in [1.29, 1.82) is 0 Å². The molecule has 1 saturated heterocycles. The lowest BCUT2D eigenvalue weighted by molar-refractivity contribution is -0.121. The van der Waals surface area contributed by atoms with E-state index in [1.54, 1.807) is 0 Å². The summed E-state index contributed by atoms with van der Waals surface area (Å²) in [6.07, 6.45) is 12.0. The largest absolute Gasteiger partial charge is 0.356 e. The summed E-state index contributed by atoms with van der Waals surface area (Å²) < 4.78 is 0. The zero-order chi connectivity index (χ0) is 18.6. The molecule has 1 aliphatic heterocycles. The highest BCUT2D eigenvalue weighted by molar-refractivity contribution is 5.76. The number of piperidine rings is 1. The summed E-state index contributed by atoms with van der Waals surface area (Å²) in [5.41, 5.74) is 0. The van der Waals surface area contributed by atoms with Crippen molar-refractivity contribution in [2.24, 2.45) is 0 Å². The van der Waals surface area contributed by atoms with Crippen LogP contribution in [0.4, 0.5) is 4.79 Å². The van der Waals surface area contributed by atoms with Gasteiger partial charge in [0.15, 0.2) is 0 Å². The van der Waals surface area contributed by atoms with Crippen LogP contribution in [0, 0.1) is 0 Å². The molecule has 6 nitrogen and oxygen atoms in total. The predicted octanol–water partition coefficient (Wildman–Crippen LogP) is 2.78. The molecule has 1 heterocycles. The fourth-order valence-electron chi connectivity index (χ4n) is 4.02. The molecule has 6 heteroatoms. The van der Waals surface area contributed by atoms with Gasteiger partial charge in [-0.25, -0.2) is 4.79 Å². The number of nitrogens with zero attached hydrogens (tertiary/aromatic N) is 1. The third-order valence-corrected chi connectivity index (χ3v) is 5.69. The number of carbonyl (C=O) groups is 2. The van der Waals surface area contributed by atoms with E-state index in [4.69, 9.17) is 0 Å². The van der Waals surface area contributed by atoms with Gasteiger partial charge in [-0.15, -0.1) is 0 Å². The molecule has 2 rings (SSSR count). The second kappa shape index (κ2) is 12.2. The van der Waals surface area contributed by atoms with Crippen LogP contribution >= 0.6 is 0 Å². The van der Waals surface area contributed by atoms with Gasteiger partial charge in [-0.3, -0.25) is 4.79 Å². The number of hydrogen-bond donors (Lipinski definition) is 3. The van der Waals surface area contributed by atoms with Crippen molar-refractivity contribution < 1.29 is 9.59 Å². The van der Waals surface area contributed by atoms with Crippen molar-refractivity contribution >= 4 is 11.9 Å². The molecule has 0 bridgehead atoms. The van der Waals surface area contributed by atoms with Gasteiger partial charge >= 0.3 is 6.03 Å². The quantitative estimate of drug-likeness (QED) is 0.549. The van der Waals surface area contributed by atoms with E-state index in [1.807, 2.05) is 0 Å². The van der Waals surface area contributed by atoms with Crippen molar-refractivity contribution in [2.45, 2.75) is 89.6 Å². The maximum absolute atomic E-state index is 11.9. The number of nitrogens with one attached hydrogen (secondary N) is 3. The highest BCUT2D eigenvalue weighted by atomic mass is 16.2. The van der Waals surface area contributed by atoms with E-state index in [2.05, 4.69) is 27.8 Å². The Morgan fingerprint density at radius 2 is 1.65 bits per heavy atom. The Bertz CT molecular complexity index is 424. The average molecular weight is 367 g/mol. The van der Waals surface area contributed by atoms with Crippen LogP contribution in [0.2, 0.25) is 0 Å². The summed E-state index contributed by atoms with van der Waals surface area (Å²) in [4.78, 5) is 26.2. The van der Waals surface area contributed by atoms with Crippen molar-refractivity contribution in [3.05, 3.63) is 0 Å². The molecule has 2 aliphatic rings. The van der Waals surface area contributed by atoms with Gasteiger partial charge in [-0.05, 0) is 52.0 Å². The van der Waals surface area contributed by atoms with Crippen LogP contribution in [0.1, 0.15) is 77.6 Å². The van der Waals surface area contributed by atoms with Crippen molar-refractivity contribution in [3.8, 4) is 0 Å². The van der Waals surface area contributed by atoms with Crippen LogP contribution < -0.4 is 16.0 Å². The Hall–Kier alpha value is -1.30. The molecule has 3 amide bonds. The lowest BCUT2D eigenvalue weighted by Crippen LogP contribution is -2.43. The van der Waals surface area contributed by atoms with E-state index < -0.39 is 0 Å². The SMILES string of the molecule is CC1CCCCN1CCCNC(=O)CCCNC(=O)NC1CCCCC1. The van der Waals surface area contributed by atoms with E-state index in [9.17, 15) is 9.59 Å². The minimum absolute atomic E-state index is 0.0891. The van der Waals surface area contributed by atoms with Gasteiger partial charge in [0.2, 0.25) is 5.91 Å². The summed E-state index contributed by atoms with van der Waals surface area (Å²) in [5.74, 6) is 0.0891. The number of hydrogen-bond acceptors (Lipinski definition) is 3. The number of amides is 3. The van der Waals surface area contributed by atoms with E-state index in [-0.39, 0.29) is 11.9 Å². The second-order valence-electron chi connectivity index (χ2n) is 7.92. The monoisotopic (exact) mass is 366 g/mol. The lowest BCUT2D eigenvalue weighted by Gasteiger charge is -2.33. The molecule has 0 radical (unpaired) electrons. The van der Waals surface area contributed by atoms with Crippen LogP contribution in [-0.2, 0) is 4.79 Å². The fourth-order valence-corrected chi connectivity index (χ4v) is 4.02. The molecule has 0 aromatic rings. The number of likely N-dealkylation sites (tertiary alicyclic amines) is 1. The van der Waals surface area contributed by atoms with Crippen LogP contribution in [0.15, 0.2) is 0 Å². The van der Waals surface area contributed by atoms with Gasteiger partial charge < -0.3 is 20.9 Å². The van der Waals surface area contributed by atoms with Gasteiger partial charge in [-0.1, -0.05) is 25.7 Å². The number of rotatable bonds is 9. The van der Waals surface area contributed by atoms with Crippen LogP contribution in [0.25, 0.3) is 0 Å². The molecule has 3 N–H and O–H groups in total. The summed E-state index contributed by atoms with van der Waals surface area (Å²) in [6.45, 7) is 5.87. The van der Waals surface area contributed by atoms with Crippen LogP contribution in [0.5, 0.6) is 0 Å². The van der Waals surface area contributed by atoms with Gasteiger partial charge in [-0.2, -0.15) is 0 Å². The molecular formula is C20H38N4O2. The normalized spacial score (nSPS) is 22.0. The highest BCUT2D eigenvalue weighted by Gasteiger charge is 2.17. The maximum atomic E-state index is 11.9. The molecule has 150 valence electrons. The Kier molecular flexibility index (Phi) is 9.82. The third-order valence-electron chi connectivity index (χ3n) is 5.69. The second-order valence-corrected chi connectivity index (χ2v) is 7.92. The Morgan fingerprint density at radius 1 is 0.923 bits per heavy atom. The van der Waals surface area contributed by atoms with E-state index in [0.29, 0.717) is 31.5 Å². The van der Waals surface area contributed by atoms with Gasteiger partial charge in [0.1, 0.15) is 0 Å². The molecule has 1 saturated carbocycles. The van der Waals surface area contributed by atoms with Crippen molar-refractivity contribution in [2.75, 3.05) is 26.2 Å². The Morgan fingerprint density at radius 3 is 2.42 bits per heavy atom. The van der Waals surface area contributed by atoms with Crippen molar-refractivity contribution in [3.63, 3.8) is 0 Å². The molecule has 0 spiro atoms. The predicted molar refractivity (Wildman–Crippen MR) is 105 cm³/mol. The third kappa shape index (κ3) is 8.39. The van der Waals surface area contributed by atoms with E-state index in [0.717, 1.165) is 32.4 Å². The minimum Gasteiger partial charge on any atom is -0.356 e. The maximum Gasteiger partial charge on any atom is 0.315 e. The lowest BCUT2D eigenvalue weighted by atomic mass is 9.96. The molecular weight excluding hydrogens is 328 g/mol. The summed E-state index contributed by atoms with van der Waals surface area (Å²) in [7, 11) is 0. The average Bonchev–Trinajstić information content (AvgIpc) is 2.64. The topological polar surface area (TPSA) is 73.5 Å². The fraction of sp³-hybridized carbons (Fsp3) is 0.900. The molecule has 0 aromatic heterocycles. The summed E-state index contributed by atoms with van der Waals surface area (Å²) in [6, 6.07) is 0.924. The molecule has 0 aromatic carbocycles. The number of urea groups is 1. The first-order valence-electron chi connectivity index (χ1n) is 10.7. The minimum atomic E-state index is -0.0899. The van der Waals surface area contributed by atoms with Crippen LogP contribution in [-0.4, -0.2) is 55.1 Å². The smallest absolute Gasteiger partial charge is 0.315 e. The highest BCUT2D eigenvalue weighted by Crippen LogP contribution is 2.17. The van der Waals surface area contributed by atoms with Crippen LogP contribution in [0.3, 0.4) is 0 Å². The Balaban J connectivity index is 1.42. The van der Waals surface area contributed by atoms with E-state index >= 15 is 0 Å². The zero-order valence-corrected chi connectivity index (χ0v) is 16.5. The number of carbonyl (C=O) groups excluding carboxylic acids is 2. The zero-order valence-electron chi connectivity index (χ0n) is 16.5. The van der Waals surface area contributed by atoms with Gasteiger partial charge in [0.25, 0.3) is 0 Å². The van der Waals surface area contributed by atoms with Crippen molar-refractivity contribution in [1.82, 2.24) is 20.9 Å². The first-order chi connectivity index (χ1) is 12.6. The molecule has 1 unspecified atom stereocenters. The molecule has 1 aliphatic carbocycles. The first kappa shape index (κ1) is 21.0. The van der Waals surface area contributed by atoms with Gasteiger partial charge in [0, 0.05) is 38.1 Å². The first-order valence-corrected chi connectivity index (χ1v) is 10.7. The summed E-state index contributed by atoms with van der Waals surface area (Å²) in [5, 5.41) is 8.89.